The Bertz CT molecular complexity index is 463. The number of hydrogen-bond acceptors (Lipinski definition) is 4. The Labute approximate surface area is 101 Å². The van der Waals surface area contributed by atoms with Crippen molar-refractivity contribution in [2.75, 3.05) is 16.8 Å². The molecule has 1 atom stereocenters. The zero-order chi connectivity index (χ0) is 11.7. The first-order valence-electron chi connectivity index (χ1n) is 4.90. The SMILES string of the molecule is Cc1noc(N2CC(CBr)CC2=O)c1C#N. The number of carbonyl (C=O) groups excluding carboxylic acids is 1. The van der Waals surface area contributed by atoms with E-state index in [0.29, 0.717) is 24.2 Å². The van der Waals surface area contributed by atoms with Gasteiger partial charge in [-0.25, -0.2) is 0 Å². The second-order valence-corrected chi connectivity index (χ2v) is 4.44. The molecule has 1 saturated heterocycles. The van der Waals surface area contributed by atoms with E-state index in [1.807, 2.05) is 6.07 Å². The highest BCUT2D eigenvalue weighted by molar-refractivity contribution is 9.09. The molecule has 0 aliphatic carbocycles. The first kappa shape index (κ1) is 11.1. The Kier molecular flexibility index (Phi) is 2.97. The van der Waals surface area contributed by atoms with Gasteiger partial charge in [0.25, 0.3) is 5.88 Å². The van der Waals surface area contributed by atoms with Crippen molar-refractivity contribution in [1.29, 1.82) is 5.26 Å². The molecule has 1 aromatic rings. The fraction of sp³-hybridized carbons (Fsp3) is 0.500. The molecule has 1 aromatic heterocycles. The fourth-order valence-corrected chi connectivity index (χ4v) is 2.19. The summed E-state index contributed by atoms with van der Waals surface area (Å²) in [4.78, 5) is 13.2. The van der Waals surface area contributed by atoms with Crippen LogP contribution in [0.4, 0.5) is 5.88 Å². The van der Waals surface area contributed by atoms with Gasteiger partial charge >= 0.3 is 0 Å². The number of rotatable bonds is 2. The maximum absolute atomic E-state index is 11.7. The van der Waals surface area contributed by atoms with Crippen LogP contribution in [-0.2, 0) is 4.79 Å². The summed E-state index contributed by atoms with van der Waals surface area (Å²) in [6.45, 7) is 2.27. The monoisotopic (exact) mass is 283 g/mol. The van der Waals surface area contributed by atoms with E-state index in [2.05, 4.69) is 21.1 Å². The highest BCUT2D eigenvalue weighted by Gasteiger charge is 2.34. The summed E-state index contributed by atoms with van der Waals surface area (Å²) in [6.07, 6.45) is 0.482. The third-order valence-electron chi connectivity index (χ3n) is 2.63. The molecule has 1 aliphatic rings. The minimum Gasteiger partial charge on any atom is -0.336 e. The molecule has 0 spiro atoms. The topological polar surface area (TPSA) is 70.1 Å². The lowest BCUT2D eigenvalue weighted by Gasteiger charge is -2.11. The average molecular weight is 284 g/mol. The predicted octanol–water partition coefficient (Wildman–Crippen LogP) is 1.60. The molecule has 16 heavy (non-hydrogen) atoms. The molecule has 2 heterocycles. The smallest absolute Gasteiger partial charge is 0.252 e. The maximum atomic E-state index is 11.7. The van der Waals surface area contributed by atoms with Gasteiger partial charge in [0.1, 0.15) is 17.3 Å². The molecular weight excluding hydrogens is 274 g/mol. The second kappa shape index (κ2) is 4.26. The Morgan fingerprint density at radius 2 is 2.50 bits per heavy atom. The van der Waals surface area contributed by atoms with Crippen LogP contribution >= 0.6 is 15.9 Å². The van der Waals surface area contributed by atoms with Gasteiger partial charge in [-0.05, 0) is 12.8 Å². The summed E-state index contributed by atoms with van der Waals surface area (Å²) in [7, 11) is 0. The van der Waals surface area contributed by atoms with Crippen molar-refractivity contribution in [3.05, 3.63) is 11.3 Å². The van der Waals surface area contributed by atoms with Gasteiger partial charge in [-0.3, -0.25) is 9.69 Å². The molecule has 1 amide bonds. The molecule has 1 unspecified atom stereocenters. The van der Waals surface area contributed by atoms with E-state index in [1.165, 1.54) is 4.90 Å². The summed E-state index contributed by atoms with van der Waals surface area (Å²) >= 11 is 3.35. The van der Waals surface area contributed by atoms with E-state index in [9.17, 15) is 4.79 Å². The number of anilines is 1. The molecular formula is C10H10BrN3O2. The summed E-state index contributed by atoms with van der Waals surface area (Å²) < 4.78 is 5.05. The standard InChI is InChI=1S/C10H10BrN3O2/c1-6-8(4-12)10(16-13-6)14-5-7(3-11)2-9(14)15/h7H,2-3,5H2,1H3. The minimum atomic E-state index is -0.0166. The van der Waals surface area contributed by atoms with Crippen LogP contribution in [0.3, 0.4) is 0 Å². The summed E-state index contributed by atoms with van der Waals surface area (Å²) in [5.74, 6) is 0.537. The molecule has 0 aromatic carbocycles. The Morgan fingerprint density at radius 3 is 3.06 bits per heavy atom. The lowest BCUT2D eigenvalue weighted by atomic mass is 10.2. The molecule has 2 rings (SSSR count). The van der Waals surface area contributed by atoms with Crippen LogP contribution in [0, 0.1) is 24.2 Å². The van der Waals surface area contributed by atoms with Crippen LogP contribution in [-0.4, -0.2) is 22.9 Å². The third-order valence-corrected chi connectivity index (χ3v) is 3.54. The van der Waals surface area contributed by atoms with Crippen molar-refractivity contribution >= 4 is 27.7 Å². The van der Waals surface area contributed by atoms with Crippen molar-refractivity contribution in [2.24, 2.45) is 5.92 Å². The van der Waals surface area contributed by atoms with Crippen molar-refractivity contribution in [3.8, 4) is 6.07 Å². The van der Waals surface area contributed by atoms with E-state index < -0.39 is 0 Å². The lowest BCUT2D eigenvalue weighted by molar-refractivity contribution is -0.117. The largest absolute Gasteiger partial charge is 0.336 e. The molecule has 0 bridgehead atoms. The molecule has 1 aliphatic heterocycles. The van der Waals surface area contributed by atoms with Gasteiger partial charge < -0.3 is 4.52 Å². The third kappa shape index (κ3) is 1.71. The number of nitriles is 1. The zero-order valence-corrected chi connectivity index (χ0v) is 10.3. The first-order valence-corrected chi connectivity index (χ1v) is 6.02. The van der Waals surface area contributed by atoms with Crippen LogP contribution in [0.1, 0.15) is 17.7 Å². The van der Waals surface area contributed by atoms with Crippen LogP contribution < -0.4 is 4.90 Å². The van der Waals surface area contributed by atoms with Gasteiger partial charge in [0.05, 0.1) is 0 Å². The normalized spacial score (nSPS) is 20.2. The van der Waals surface area contributed by atoms with Crippen molar-refractivity contribution in [2.45, 2.75) is 13.3 Å². The molecule has 0 saturated carbocycles. The van der Waals surface area contributed by atoms with Gasteiger partial charge in [-0.2, -0.15) is 5.26 Å². The number of halogens is 1. The number of hydrogen-bond donors (Lipinski definition) is 0. The molecule has 5 nitrogen and oxygen atoms in total. The van der Waals surface area contributed by atoms with Crippen molar-refractivity contribution in [3.63, 3.8) is 0 Å². The predicted molar refractivity (Wildman–Crippen MR) is 60.2 cm³/mol. The van der Waals surface area contributed by atoms with Gasteiger partial charge in [0, 0.05) is 18.3 Å². The average Bonchev–Trinajstić information content (AvgIpc) is 2.81. The number of aromatic nitrogens is 1. The Morgan fingerprint density at radius 1 is 1.75 bits per heavy atom. The van der Waals surface area contributed by atoms with Gasteiger partial charge in [0.15, 0.2) is 0 Å². The van der Waals surface area contributed by atoms with Gasteiger partial charge in [-0.15, -0.1) is 0 Å². The van der Waals surface area contributed by atoms with E-state index in [4.69, 9.17) is 9.78 Å². The van der Waals surface area contributed by atoms with E-state index in [1.54, 1.807) is 6.92 Å². The summed E-state index contributed by atoms with van der Waals surface area (Å²) in [5, 5.41) is 13.4. The number of carbonyl (C=O) groups is 1. The Hall–Kier alpha value is -1.35. The maximum Gasteiger partial charge on any atom is 0.252 e. The number of amides is 1. The highest BCUT2D eigenvalue weighted by Crippen LogP contribution is 2.29. The van der Waals surface area contributed by atoms with E-state index >= 15 is 0 Å². The van der Waals surface area contributed by atoms with Crippen molar-refractivity contribution in [1.82, 2.24) is 5.16 Å². The molecule has 1 fully saturated rings. The summed E-state index contributed by atoms with van der Waals surface area (Å²) in [5.41, 5.74) is 0.871. The summed E-state index contributed by atoms with van der Waals surface area (Å²) in [6, 6.07) is 2.01. The van der Waals surface area contributed by atoms with Crippen molar-refractivity contribution < 1.29 is 9.32 Å². The quantitative estimate of drug-likeness (QED) is 0.773. The van der Waals surface area contributed by atoms with Crippen LogP contribution in [0.15, 0.2) is 4.52 Å². The van der Waals surface area contributed by atoms with Crippen LogP contribution in [0.5, 0.6) is 0 Å². The van der Waals surface area contributed by atoms with Crippen LogP contribution in [0.2, 0.25) is 0 Å². The molecule has 6 heteroatoms. The fourth-order valence-electron chi connectivity index (χ4n) is 1.75. The molecule has 0 N–H and O–H groups in total. The minimum absolute atomic E-state index is 0.0166. The van der Waals surface area contributed by atoms with Gasteiger partial charge in [-0.1, -0.05) is 21.1 Å². The zero-order valence-electron chi connectivity index (χ0n) is 8.73. The van der Waals surface area contributed by atoms with E-state index in [0.717, 1.165) is 5.33 Å². The molecule has 0 radical (unpaired) electrons. The number of aryl methyl sites for hydroxylation is 1. The number of alkyl halides is 1. The highest BCUT2D eigenvalue weighted by atomic mass is 79.9. The van der Waals surface area contributed by atoms with Crippen LogP contribution in [0.25, 0.3) is 0 Å². The Balaban J connectivity index is 2.32. The van der Waals surface area contributed by atoms with E-state index in [-0.39, 0.29) is 17.7 Å². The first-order chi connectivity index (χ1) is 7.67. The van der Waals surface area contributed by atoms with Gasteiger partial charge in [0.2, 0.25) is 5.91 Å². The lowest BCUT2D eigenvalue weighted by Crippen LogP contribution is -2.24. The number of nitrogens with zero attached hydrogens (tertiary/aromatic N) is 3. The molecule has 84 valence electrons. The second-order valence-electron chi connectivity index (χ2n) is 3.79.